The molecule has 72 valence electrons. The van der Waals surface area contributed by atoms with Crippen LogP contribution in [0.25, 0.3) is 0 Å². The van der Waals surface area contributed by atoms with E-state index in [-0.39, 0.29) is 0 Å². The van der Waals surface area contributed by atoms with Crippen LogP contribution in [0.5, 0.6) is 0 Å². The van der Waals surface area contributed by atoms with Gasteiger partial charge in [-0.1, -0.05) is 0 Å². The first-order chi connectivity index (χ1) is 6.12. The van der Waals surface area contributed by atoms with Crippen LogP contribution in [0.1, 0.15) is 30.5 Å². The fourth-order valence-electron chi connectivity index (χ4n) is 1.74. The van der Waals surface area contributed by atoms with Crippen LogP contribution in [-0.2, 0) is 6.42 Å². The first-order valence-electron chi connectivity index (χ1n) is 4.79. The smallest absolute Gasteiger partial charge is 0.0934 e. The van der Waals surface area contributed by atoms with Gasteiger partial charge in [-0.05, 0) is 32.1 Å². The molecule has 1 aromatic rings. The molecular formula is C10H16N2S. The summed E-state index contributed by atoms with van der Waals surface area (Å²) in [6, 6.07) is 0.316. The van der Waals surface area contributed by atoms with Gasteiger partial charge in [0.2, 0.25) is 0 Å². The molecule has 2 rings (SSSR count). The molecule has 0 bridgehead atoms. The number of hydrogen-bond donors (Lipinski definition) is 1. The number of hydrogen-bond acceptors (Lipinski definition) is 3. The molecule has 0 saturated heterocycles. The molecule has 0 aliphatic heterocycles. The molecular weight excluding hydrogens is 180 g/mol. The lowest BCUT2D eigenvalue weighted by atomic mass is 9.95. The largest absolute Gasteiger partial charge is 0.327 e. The molecule has 1 atom stereocenters. The van der Waals surface area contributed by atoms with Gasteiger partial charge in [-0.2, -0.15) is 0 Å². The van der Waals surface area contributed by atoms with Crippen LogP contribution in [0.4, 0.5) is 0 Å². The summed E-state index contributed by atoms with van der Waals surface area (Å²) >= 11 is 1.77. The highest BCUT2D eigenvalue weighted by Gasteiger charge is 2.46. The maximum Gasteiger partial charge on any atom is 0.0934 e. The van der Waals surface area contributed by atoms with Crippen molar-refractivity contribution in [2.45, 2.75) is 39.2 Å². The van der Waals surface area contributed by atoms with E-state index >= 15 is 0 Å². The van der Waals surface area contributed by atoms with Gasteiger partial charge in [-0.3, -0.25) is 0 Å². The topological polar surface area (TPSA) is 38.9 Å². The van der Waals surface area contributed by atoms with Crippen LogP contribution >= 0.6 is 11.3 Å². The van der Waals surface area contributed by atoms with Crippen molar-refractivity contribution in [3.8, 4) is 0 Å². The third-order valence-electron chi connectivity index (χ3n) is 3.03. The van der Waals surface area contributed by atoms with Crippen molar-refractivity contribution < 1.29 is 0 Å². The number of rotatable bonds is 3. The van der Waals surface area contributed by atoms with Gasteiger partial charge < -0.3 is 5.73 Å². The maximum absolute atomic E-state index is 5.96. The van der Waals surface area contributed by atoms with Crippen molar-refractivity contribution >= 4 is 11.3 Å². The summed E-state index contributed by atoms with van der Waals surface area (Å²) < 4.78 is 0. The molecule has 0 spiro atoms. The van der Waals surface area contributed by atoms with Crippen molar-refractivity contribution in [3.63, 3.8) is 0 Å². The zero-order chi connectivity index (χ0) is 9.47. The van der Waals surface area contributed by atoms with Crippen molar-refractivity contribution in [1.82, 2.24) is 4.98 Å². The highest BCUT2D eigenvalue weighted by molar-refractivity contribution is 7.09. The standard InChI is InChI=1S/C10H16N2S/c1-7-6-13-9(12-7)5-10(3-4-10)8(2)11/h6,8H,3-5,11H2,1-2H3. The molecule has 0 radical (unpaired) electrons. The number of nitrogens with two attached hydrogens (primary N) is 1. The van der Waals surface area contributed by atoms with E-state index in [4.69, 9.17) is 5.73 Å². The van der Waals surface area contributed by atoms with Gasteiger partial charge in [0.05, 0.1) is 5.01 Å². The molecule has 1 heterocycles. The second kappa shape index (κ2) is 3.07. The molecule has 1 saturated carbocycles. The van der Waals surface area contributed by atoms with Gasteiger partial charge in [-0.15, -0.1) is 11.3 Å². The van der Waals surface area contributed by atoms with Gasteiger partial charge in [0.1, 0.15) is 0 Å². The summed E-state index contributed by atoms with van der Waals surface area (Å²) in [6.07, 6.45) is 3.65. The molecule has 1 unspecified atom stereocenters. The van der Waals surface area contributed by atoms with Gasteiger partial charge in [0, 0.05) is 23.5 Å². The lowest BCUT2D eigenvalue weighted by Crippen LogP contribution is -2.29. The number of aromatic nitrogens is 1. The molecule has 1 aromatic heterocycles. The third-order valence-corrected chi connectivity index (χ3v) is 3.99. The van der Waals surface area contributed by atoms with E-state index in [1.165, 1.54) is 17.8 Å². The zero-order valence-electron chi connectivity index (χ0n) is 8.21. The monoisotopic (exact) mass is 196 g/mol. The molecule has 1 fully saturated rings. The lowest BCUT2D eigenvalue weighted by molar-refractivity contribution is 0.418. The predicted octanol–water partition coefficient (Wildman–Crippen LogP) is 2.12. The van der Waals surface area contributed by atoms with E-state index < -0.39 is 0 Å². The van der Waals surface area contributed by atoms with Crippen molar-refractivity contribution in [3.05, 3.63) is 16.1 Å². The quantitative estimate of drug-likeness (QED) is 0.804. The Kier molecular flexibility index (Phi) is 2.16. The Balaban J connectivity index is 2.06. The van der Waals surface area contributed by atoms with Crippen LogP contribution in [0.2, 0.25) is 0 Å². The molecule has 2 N–H and O–H groups in total. The van der Waals surface area contributed by atoms with Crippen molar-refractivity contribution in [2.24, 2.45) is 11.1 Å². The van der Waals surface area contributed by atoms with Crippen LogP contribution < -0.4 is 5.73 Å². The SMILES string of the molecule is Cc1csc(CC2(C(C)N)CC2)n1. The fraction of sp³-hybridized carbons (Fsp3) is 0.700. The Hall–Kier alpha value is -0.410. The van der Waals surface area contributed by atoms with Crippen LogP contribution in [0.3, 0.4) is 0 Å². The minimum Gasteiger partial charge on any atom is -0.327 e. The molecule has 0 amide bonds. The average molecular weight is 196 g/mol. The van der Waals surface area contributed by atoms with Gasteiger partial charge >= 0.3 is 0 Å². The molecule has 1 aliphatic rings. The number of aryl methyl sites for hydroxylation is 1. The minimum atomic E-state index is 0.316. The number of thiazole rings is 1. The first-order valence-corrected chi connectivity index (χ1v) is 5.67. The summed E-state index contributed by atoms with van der Waals surface area (Å²) in [7, 11) is 0. The molecule has 1 aliphatic carbocycles. The fourth-order valence-corrected chi connectivity index (χ4v) is 2.67. The van der Waals surface area contributed by atoms with Crippen LogP contribution in [-0.4, -0.2) is 11.0 Å². The summed E-state index contributed by atoms with van der Waals surface area (Å²) in [5.74, 6) is 0. The summed E-state index contributed by atoms with van der Waals surface area (Å²) in [5.41, 5.74) is 7.50. The van der Waals surface area contributed by atoms with E-state index in [1.807, 2.05) is 6.92 Å². The molecule has 3 heteroatoms. The highest BCUT2D eigenvalue weighted by atomic mass is 32.1. The summed E-state index contributed by atoms with van der Waals surface area (Å²) in [6.45, 7) is 4.17. The third kappa shape index (κ3) is 1.76. The second-order valence-electron chi connectivity index (χ2n) is 4.21. The Morgan fingerprint density at radius 3 is 2.77 bits per heavy atom. The summed E-state index contributed by atoms with van der Waals surface area (Å²) in [5, 5.41) is 3.37. The Morgan fingerprint density at radius 1 is 1.69 bits per heavy atom. The minimum absolute atomic E-state index is 0.316. The second-order valence-corrected chi connectivity index (χ2v) is 5.15. The van der Waals surface area contributed by atoms with Gasteiger partial charge in [0.15, 0.2) is 0 Å². The summed E-state index contributed by atoms with van der Waals surface area (Å²) in [4.78, 5) is 4.48. The molecule has 0 aromatic carbocycles. The maximum atomic E-state index is 5.96. The van der Waals surface area contributed by atoms with Crippen molar-refractivity contribution in [2.75, 3.05) is 0 Å². The van der Waals surface area contributed by atoms with E-state index in [9.17, 15) is 0 Å². The lowest BCUT2D eigenvalue weighted by Gasteiger charge is -2.17. The van der Waals surface area contributed by atoms with E-state index in [1.54, 1.807) is 11.3 Å². The van der Waals surface area contributed by atoms with E-state index in [2.05, 4.69) is 17.3 Å². The Labute approximate surface area is 83.2 Å². The van der Waals surface area contributed by atoms with E-state index in [0.717, 1.165) is 12.1 Å². The molecule has 2 nitrogen and oxygen atoms in total. The first kappa shape index (κ1) is 9.16. The van der Waals surface area contributed by atoms with Crippen LogP contribution in [0, 0.1) is 12.3 Å². The Morgan fingerprint density at radius 2 is 2.38 bits per heavy atom. The predicted molar refractivity (Wildman–Crippen MR) is 55.9 cm³/mol. The van der Waals surface area contributed by atoms with Gasteiger partial charge in [0.25, 0.3) is 0 Å². The van der Waals surface area contributed by atoms with E-state index in [0.29, 0.717) is 11.5 Å². The number of nitrogens with zero attached hydrogens (tertiary/aromatic N) is 1. The normalized spacial score (nSPS) is 21.5. The Bertz CT molecular complexity index is 300. The zero-order valence-corrected chi connectivity index (χ0v) is 9.03. The molecule has 13 heavy (non-hydrogen) atoms. The van der Waals surface area contributed by atoms with Crippen molar-refractivity contribution in [1.29, 1.82) is 0 Å². The van der Waals surface area contributed by atoms with Gasteiger partial charge in [-0.25, -0.2) is 4.98 Å². The average Bonchev–Trinajstić information content (AvgIpc) is 2.72. The van der Waals surface area contributed by atoms with Crippen LogP contribution in [0.15, 0.2) is 5.38 Å². The highest BCUT2D eigenvalue weighted by Crippen LogP contribution is 2.50.